The molecular weight excluding hydrogens is 977 g/mol. The zero-order valence-electron chi connectivity index (χ0n) is 36.8. The zero-order chi connectivity index (χ0) is 50.2. The first-order valence-corrected chi connectivity index (χ1v) is 27.3. The second kappa shape index (κ2) is 23.2. The van der Waals surface area contributed by atoms with E-state index in [0.29, 0.717) is 63.2 Å². The Morgan fingerprint density at radius 1 is 0.603 bits per heavy atom. The molecule has 2 saturated heterocycles. The van der Waals surface area contributed by atoms with Crippen molar-refractivity contribution in [3.63, 3.8) is 0 Å². The first-order chi connectivity index (χ1) is 32.0. The highest BCUT2D eigenvalue weighted by molar-refractivity contribution is 7.93. The van der Waals surface area contributed by atoms with Crippen molar-refractivity contribution in [2.45, 2.75) is 69.6 Å². The number of sulfonamides is 4. The summed E-state index contributed by atoms with van der Waals surface area (Å²) in [5, 5.41) is 64.3. The highest BCUT2D eigenvalue weighted by atomic mass is 32.2. The lowest BCUT2D eigenvalue weighted by atomic mass is 9.90. The summed E-state index contributed by atoms with van der Waals surface area (Å²) in [7, 11) is -18.0. The van der Waals surface area contributed by atoms with Crippen molar-refractivity contribution in [1.82, 2.24) is 9.44 Å². The first kappa shape index (κ1) is 54.8. The number of nitrogens with one attached hydrogen (secondary N) is 2. The van der Waals surface area contributed by atoms with Crippen molar-refractivity contribution in [3.05, 3.63) is 35.4 Å². The van der Waals surface area contributed by atoms with Crippen LogP contribution in [0.3, 0.4) is 0 Å². The summed E-state index contributed by atoms with van der Waals surface area (Å²) in [6, 6.07) is 4.51. The molecule has 28 nitrogen and oxygen atoms in total. The Hall–Kier alpha value is -4.10. The summed E-state index contributed by atoms with van der Waals surface area (Å²) < 4.78 is 107. The maximum absolute atomic E-state index is 13.0. The predicted molar refractivity (Wildman–Crippen MR) is 249 cm³/mol. The Balaban J connectivity index is 0.000000254. The molecule has 0 spiro atoms. The summed E-state index contributed by atoms with van der Waals surface area (Å²) in [6.45, 7) is 0.345. The van der Waals surface area contributed by atoms with Crippen LogP contribution in [0.1, 0.15) is 36.8 Å². The molecule has 2 aromatic carbocycles. The number of aliphatic hydroxyl groups excluding tert-OH is 4. The van der Waals surface area contributed by atoms with Crippen molar-refractivity contribution in [1.29, 1.82) is 0 Å². The molecule has 4 atom stereocenters. The minimum absolute atomic E-state index is 0.0375. The first-order valence-electron chi connectivity index (χ1n) is 21.2. The molecular formula is C36H60N16O12S4. The Morgan fingerprint density at radius 3 is 1.21 bits per heavy atom. The van der Waals surface area contributed by atoms with Gasteiger partial charge in [-0.2, -0.15) is 10.2 Å². The van der Waals surface area contributed by atoms with Gasteiger partial charge >= 0.3 is 0 Å². The number of primary sulfonamides is 2. The van der Waals surface area contributed by atoms with Crippen LogP contribution in [-0.4, -0.2) is 169 Å². The second-order valence-electron chi connectivity index (χ2n) is 16.2. The van der Waals surface area contributed by atoms with Gasteiger partial charge in [-0.3, -0.25) is 0 Å². The molecule has 380 valence electrons. The highest BCUT2D eigenvalue weighted by Gasteiger charge is 2.37. The number of aliphatic imine (C=N–C) groups is 2. The molecule has 2 fully saturated rings. The van der Waals surface area contributed by atoms with Crippen molar-refractivity contribution in [3.8, 4) is 0 Å². The third-order valence-corrected chi connectivity index (χ3v) is 16.8. The molecule has 0 aromatic heterocycles. The van der Waals surface area contributed by atoms with Gasteiger partial charge in [-0.25, -0.2) is 63.4 Å². The van der Waals surface area contributed by atoms with Crippen LogP contribution in [0.15, 0.2) is 74.3 Å². The van der Waals surface area contributed by atoms with Crippen LogP contribution in [-0.2, 0) is 40.1 Å². The lowest BCUT2D eigenvalue weighted by molar-refractivity contribution is 0.186. The fourth-order valence-corrected chi connectivity index (χ4v) is 13.3. The molecule has 0 unspecified atom stereocenters. The van der Waals surface area contributed by atoms with Gasteiger partial charge in [0.25, 0.3) is 0 Å². The van der Waals surface area contributed by atoms with E-state index in [1.807, 2.05) is 9.80 Å². The number of aliphatic hydroxyl groups is 4. The monoisotopic (exact) mass is 1040 g/mol. The molecule has 4 aliphatic heterocycles. The fraction of sp³-hybridized carbons (Fsp3) is 0.611. The number of hydrogen-bond acceptors (Lipinski definition) is 24. The number of piperidine rings is 2. The minimum Gasteiger partial charge on any atom is -0.395 e. The topological polar surface area (TPSA) is 478 Å². The molecule has 18 N–H and O–H groups in total. The van der Waals surface area contributed by atoms with Gasteiger partial charge in [0.2, 0.25) is 40.1 Å². The standard InChI is InChI=1S/2C18H30N8O6S2/c2*19-7-12(28)8-24-34(31,32)15-2-1-14(26-5-3-11(4-6-26)13(20)9-27)16(17(15)33(21,29)30)18-22-10-23-25-18/h2*1-2,11-13,24,27-28H,3-10,19-20H2,(H2,21,29,30)/t12-,13+;12-,13-/m11/s1. The molecule has 0 amide bonds. The van der Waals surface area contributed by atoms with E-state index in [9.17, 15) is 54.1 Å². The maximum Gasteiger partial charge on any atom is 0.242 e. The van der Waals surface area contributed by atoms with Crippen LogP contribution in [0.4, 0.5) is 11.4 Å². The zero-order valence-corrected chi connectivity index (χ0v) is 40.1. The van der Waals surface area contributed by atoms with E-state index < -0.39 is 85.0 Å². The Bertz CT molecular complexity index is 2510. The highest BCUT2D eigenvalue weighted by Crippen LogP contribution is 2.38. The van der Waals surface area contributed by atoms with Gasteiger partial charge in [0.05, 0.1) is 36.5 Å². The van der Waals surface area contributed by atoms with E-state index in [-0.39, 0.29) is 86.4 Å². The van der Waals surface area contributed by atoms with Gasteiger partial charge in [0, 0.05) is 75.8 Å². The Kier molecular flexibility index (Phi) is 18.7. The fourth-order valence-electron chi connectivity index (χ4n) is 7.94. The van der Waals surface area contributed by atoms with Crippen LogP contribution < -0.4 is 52.5 Å². The summed E-state index contributed by atoms with van der Waals surface area (Å²) in [5.74, 6) is 0.0759. The van der Waals surface area contributed by atoms with Crippen molar-refractivity contribution in [2.24, 2.45) is 75.5 Å². The number of hydrogen-bond donors (Lipinski definition) is 12. The largest absolute Gasteiger partial charge is 0.395 e. The molecule has 0 bridgehead atoms. The summed E-state index contributed by atoms with van der Waals surface area (Å²) in [6.07, 6.45) is 0.227. The maximum atomic E-state index is 13.0. The van der Waals surface area contributed by atoms with Gasteiger partial charge in [0.15, 0.2) is 25.0 Å². The molecule has 68 heavy (non-hydrogen) atoms. The number of anilines is 2. The molecule has 2 aromatic rings. The SMILES string of the molecule is NC[C@@H](O)CNS(=O)(=O)c1ccc(N2CCC([C@@H](N)CO)CC2)c(C2=NCN=N2)c1S(N)(=O)=O.NC[C@@H](O)CNS(=O)(=O)c1ccc(N2CCC([C@H](N)CO)CC2)c(C2=NCN=N2)c1S(N)(=O)=O. The van der Waals surface area contributed by atoms with E-state index in [1.165, 1.54) is 12.1 Å². The average Bonchev–Trinajstić information content (AvgIpc) is 4.07. The van der Waals surface area contributed by atoms with Gasteiger partial charge in [-0.15, -0.1) is 10.2 Å². The summed E-state index contributed by atoms with van der Waals surface area (Å²) in [4.78, 5) is 9.47. The van der Waals surface area contributed by atoms with E-state index in [2.05, 4.69) is 39.9 Å². The summed E-state index contributed by atoms with van der Waals surface area (Å²) >= 11 is 0. The molecule has 0 aliphatic carbocycles. The molecule has 4 heterocycles. The van der Waals surface area contributed by atoms with E-state index >= 15 is 0 Å². The van der Waals surface area contributed by atoms with Crippen LogP contribution in [0, 0.1) is 11.8 Å². The van der Waals surface area contributed by atoms with Crippen molar-refractivity contribution in [2.75, 3.05) is 88.7 Å². The van der Waals surface area contributed by atoms with Crippen molar-refractivity contribution >= 4 is 63.1 Å². The number of nitrogens with zero attached hydrogens (tertiary/aromatic N) is 8. The Morgan fingerprint density at radius 2 is 0.941 bits per heavy atom. The normalized spacial score (nSPS) is 19.3. The molecule has 4 aliphatic rings. The van der Waals surface area contributed by atoms with Crippen LogP contribution in [0.25, 0.3) is 0 Å². The van der Waals surface area contributed by atoms with Gasteiger partial charge in [0.1, 0.15) is 19.6 Å². The van der Waals surface area contributed by atoms with Crippen molar-refractivity contribution < 1.29 is 54.1 Å². The lowest BCUT2D eigenvalue weighted by Gasteiger charge is -2.36. The number of benzene rings is 2. The van der Waals surface area contributed by atoms with Gasteiger partial charge in [-0.05, 0) is 61.8 Å². The molecule has 0 saturated carbocycles. The van der Waals surface area contributed by atoms with Crippen LogP contribution in [0.2, 0.25) is 0 Å². The number of rotatable bonds is 20. The third kappa shape index (κ3) is 13.2. The molecule has 0 radical (unpaired) electrons. The second-order valence-corrected chi connectivity index (χ2v) is 22.7. The van der Waals surface area contributed by atoms with E-state index in [1.54, 1.807) is 0 Å². The Labute approximate surface area is 394 Å². The number of amidine groups is 2. The molecule has 6 rings (SSSR count). The van der Waals surface area contributed by atoms with Crippen LogP contribution in [0.5, 0.6) is 0 Å². The lowest BCUT2D eigenvalue weighted by Crippen LogP contribution is -2.43. The predicted octanol–water partition coefficient (Wildman–Crippen LogP) is -4.72. The van der Waals surface area contributed by atoms with Gasteiger partial charge < -0.3 is 53.2 Å². The number of nitrogens with two attached hydrogens (primary N) is 6. The van der Waals surface area contributed by atoms with Crippen LogP contribution >= 0.6 is 0 Å². The quantitative estimate of drug-likeness (QED) is 0.0593. The number of azo groups is 2. The summed E-state index contributed by atoms with van der Waals surface area (Å²) in [5.41, 5.74) is 23.2. The smallest absolute Gasteiger partial charge is 0.242 e. The van der Waals surface area contributed by atoms with E-state index in [0.717, 1.165) is 12.1 Å². The van der Waals surface area contributed by atoms with E-state index in [4.69, 9.17) is 33.2 Å². The average molecular weight is 1040 g/mol. The minimum atomic E-state index is -4.59. The molecule has 32 heteroatoms. The third-order valence-electron chi connectivity index (χ3n) is 11.6. The van der Waals surface area contributed by atoms with Gasteiger partial charge in [-0.1, -0.05) is 0 Å².